The van der Waals surface area contributed by atoms with Gasteiger partial charge in [0.25, 0.3) is 6.33 Å². The third kappa shape index (κ3) is 7.92. The fraction of sp³-hybridized carbons (Fsp3) is 0.371. The topological polar surface area (TPSA) is 99.2 Å². The normalized spacial score (nSPS) is 19.4. The van der Waals surface area contributed by atoms with E-state index in [9.17, 15) is 9.59 Å². The number of hydrogen-bond acceptors (Lipinski definition) is 8. The van der Waals surface area contributed by atoms with Crippen molar-refractivity contribution in [3.8, 4) is 11.5 Å². The first kappa shape index (κ1) is 33.7. The summed E-state index contributed by atoms with van der Waals surface area (Å²) >= 11 is 12.9. The second kappa shape index (κ2) is 14.5. The van der Waals surface area contributed by atoms with E-state index in [1.165, 1.54) is 6.92 Å². The van der Waals surface area contributed by atoms with Gasteiger partial charge < -0.3 is 28.7 Å². The third-order valence-corrected chi connectivity index (χ3v) is 8.97. The van der Waals surface area contributed by atoms with E-state index in [0.29, 0.717) is 27.9 Å². The summed E-state index contributed by atoms with van der Waals surface area (Å²) in [5.74, 6) is -0.207. The van der Waals surface area contributed by atoms with Crippen molar-refractivity contribution in [3.05, 3.63) is 100 Å². The Morgan fingerprint density at radius 2 is 1.79 bits per heavy atom. The van der Waals surface area contributed by atoms with Crippen LogP contribution in [0.25, 0.3) is 0 Å². The molecule has 0 unspecified atom stereocenters. The fourth-order valence-electron chi connectivity index (χ4n) is 6.01. The minimum atomic E-state index is -1.23. The van der Waals surface area contributed by atoms with Gasteiger partial charge in [-0.2, -0.15) is 0 Å². The Hall–Kier alpha value is -4.16. The number of aromatic nitrogens is 3. The zero-order chi connectivity index (χ0) is 33.8. The molecule has 3 aromatic carbocycles. The highest BCUT2D eigenvalue weighted by atomic mass is 35.5. The van der Waals surface area contributed by atoms with Gasteiger partial charge in [0.05, 0.1) is 18.2 Å². The Morgan fingerprint density at radius 1 is 1.02 bits per heavy atom. The van der Waals surface area contributed by atoms with Crippen LogP contribution in [0.1, 0.15) is 30.5 Å². The van der Waals surface area contributed by atoms with Gasteiger partial charge in [-0.3, -0.25) is 9.59 Å². The van der Waals surface area contributed by atoms with Crippen molar-refractivity contribution in [2.45, 2.75) is 45.8 Å². The smallest absolute Gasteiger partial charge is 0.308 e. The Kier molecular flexibility index (Phi) is 10.2. The van der Waals surface area contributed by atoms with Crippen molar-refractivity contribution >= 4 is 40.8 Å². The number of aryl methyl sites for hydroxylation is 1. The van der Waals surface area contributed by atoms with Crippen LogP contribution in [0.15, 0.2) is 73.3 Å². The van der Waals surface area contributed by atoms with Gasteiger partial charge in [0, 0.05) is 61.4 Å². The van der Waals surface area contributed by atoms with E-state index in [4.69, 9.17) is 42.1 Å². The summed E-state index contributed by atoms with van der Waals surface area (Å²) in [6.07, 6.45) is 3.23. The van der Waals surface area contributed by atoms with Gasteiger partial charge in [-0.05, 0) is 66.6 Å². The number of ether oxygens (including phenoxy) is 4. The molecule has 1 amide bonds. The molecule has 2 aliphatic heterocycles. The number of amides is 1. The number of carbonyl (C=O) groups is 2. The third-order valence-electron chi connectivity index (χ3n) is 8.42. The quantitative estimate of drug-likeness (QED) is 0.133. The van der Waals surface area contributed by atoms with Crippen LogP contribution in [0.2, 0.25) is 10.0 Å². The molecular weight excluding hydrogens is 657 g/mol. The number of nitrogens with zero attached hydrogens (tertiary/aromatic N) is 5. The highest BCUT2D eigenvalue weighted by Gasteiger charge is 2.47. The Morgan fingerprint density at radius 3 is 2.48 bits per heavy atom. The minimum Gasteiger partial charge on any atom is -0.491 e. The van der Waals surface area contributed by atoms with Crippen molar-refractivity contribution in [3.63, 3.8) is 0 Å². The number of benzene rings is 3. The van der Waals surface area contributed by atoms with E-state index in [1.54, 1.807) is 36.1 Å². The zero-order valence-electron chi connectivity index (χ0n) is 27.1. The summed E-state index contributed by atoms with van der Waals surface area (Å²) < 4.78 is 28.1. The molecule has 11 nitrogen and oxygen atoms in total. The van der Waals surface area contributed by atoms with E-state index in [2.05, 4.69) is 10.00 Å². The van der Waals surface area contributed by atoms with Crippen molar-refractivity contribution in [2.24, 2.45) is 0 Å². The molecule has 1 aromatic heterocycles. The van der Waals surface area contributed by atoms with E-state index in [1.807, 2.05) is 65.2 Å². The standard InChI is InChI=1S/C35H38Cl2N5O6/c1-24-16-27(4-11-34(24)47-26(3)44)18-39-22-38-42(23-39)21-35(32-10-5-28(36)17-33(32)37)46-20-31(48-35)19-45-30-8-6-29(7-9-30)41-14-12-40(13-15-41)25(2)43/h4-11,16-17,22-23,31H,12-15,18-21H2,1-3H3/q+1/t31-,35-/m1/s1. The lowest BCUT2D eigenvalue weighted by atomic mass is 10.1. The van der Waals surface area contributed by atoms with Crippen molar-refractivity contribution in [1.82, 2.24) is 14.7 Å². The summed E-state index contributed by atoms with van der Waals surface area (Å²) in [7, 11) is 0. The Labute approximate surface area is 289 Å². The molecule has 252 valence electrons. The number of hydrogen-bond donors (Lipinski definition) is 0. The summed E-state index contributed by atoms with van der Waals surface area (Å²) in [6, 6.07) is 18.9. The van der Waals surface area contributed by atoms with E-state index in [-0.39, 0.29) is 37.7 Å². The maximum absolute atomic E-state index is 11.7. The van der Waals surface area contributed by atoms with Crippen molar-refractivity contribution < 1.29 is 33.1 Å². The van der Waals surface area contributed by atoms with E-state index >= 15 is 0 Å². The van der Waals surface area contributed by atoms with Crippen LogP contribution in [0.4, 0.5) is 5.69 Å². The molecule has 4 aromatic rings. The minimum absolute atomic E-state index is 0.114. The molecule has 0 aliphatic carbocycles. The predicted octanol–water partition coefficient (Wildman–Crippen LogP) is 4.78. The molecule has 2 saturated heterocycles. The van der Waals surface area contributed by atoms with Crippen LogP contribution in [0.5, 0.6) is 11.5 Å². The number of piperazine rings is 1. The summed E-state index contributed by atoms with van der Waals surface area (Å²) in [5, 5.41) is 5.51. The molecule has 0 saturated carbocycles. The molecule has 2 atom stereocenters. The van der Waals surface area contributed by atoms with Crippen LogP contribution in [-0.2, 0) is 37.9 Å². The van der Waals surface area contributed by atoms with Gasteiger partial charge in [0.15, 0.2) is 6.54 Å². The summed E-state index contributed by atoms with van der Waals surface area (Å²) in [5.41, 5.74) is 3.63. The molecule has 0 spiro atoms. The van der Waals surface area contributed by atoms with Crippen LogP contribution < -0.4 is 18.9 Å². The molecule has 0 N–H and O–H groups in total. The molecule has 6 rings (SSSR count). The Bertz CT molecular complexity index is 1780. The monoisotopic (exact) mass is 694 g/mol. The first-order valence-corrected chi connectivity index (χ1v) is 16.5. The van der Waals surface area contributed by atoms with E-state index in [0.717, 1.165) is 48.7 Å². The van der Waals surface area contributed by atoms with E-state index < -0.39 is 5.79 Å². The highest BCUT2D eigenvalue weighted by molar-refractivity contribution is 6.35. The largest absolute Gasteiger partial charge is 0.491 e. The SMILES string of the molecule is CC(=O)Oc1ccc(C[n+]2cnn(C[C@@]3(c4ccc(Cl)cc4Cl)OC[C@@H](COc4ccc(N5CCN(C(C)=O)CC5)cc4)O3)c2)cc1C. The number of halogens is 2. The van der Waals surface area contributed by atoms with Crippen molar-refractivity contribution in [2.75, 3.05) is 44.3 Å². The van der Waals surface area contributed by atoms with Crippen molar-refractivity contribution in [1.29, 1.82) is 0 Å². The lowest BCUT2D eigenvalue weighted by Crippen LogP contribution is -2.48. The second-order valence-corrected chi connectivity index (χ2v) is 12.9. The van der Waals surface area contributed by atoms with Crippen LogP contribution >= 0.6 is 23.2 Å². The van der Waals surface area contributed by atoms with Gasteiger partial charge in [0.1, 0.15) is 24.2 Å². The molecular formula is C35H38Cl2N5O6+. The molecule has 0 bridgehead atoms. The number of rotatable bonds is 10. The van der Waals surface area contributed by atoms with Crippen LogP contribution in [0, 0.1) is 6.92 Å². The Balaban J connectivity index is 1.11. The average molecular weight is 696 g/mol. The second-order valence-electron chi connectivity index (χ2n) is 12.0. The highest BCUT2D eigenvalue weighted by Crippen LogP contribution is 2.40. The maximum Gasteiger partial charge on any atom is 0.308 e. The zero-order valence-corrected chi connectivity index (χ0v) is 28.6. The molecule has 2 fully saturated rings. The number of carbonyl (C=O) groups excluding carboxylic acids is 2. The predicted molar refractivity (Wildman–Crippen MR) is 179 cm³/mol. The molecule has 2 aliphatic rings. The van der Waals surface area contributed by atoms with Gasteiger partial charge in [-0.15, -0.1) is 4.68 Å². The lowest BCUT2D eigenvalue weighted by molar-refractivity contribution is -0.689. The number of esters is 1. The van der Waals surface area contributed by atoms with Gasteiger partial charge in [-0.1, -0.05) is 35.3 Å². The maximum atomic E-state index is 11.7. The summed E-state index contributed by atoms with van der Waals surface area (Å²) in [6.45, 7) is 9.27. The fourth-order valence-corrected chi connectivity index (χ4v) is 6.56. The first-order valence-electron chi connectivity index (χ1n) is 15.8. The van der Waals surface area contributed by atoms with Gasteiger partial charge >= 0.3 is 5.97 Å². The lowest BCUT2D eigenvalue weighted by Gasteiger charge is -2.35. The average Bonchev–Trinajstić information content (AvgIpc) is 3.68. The first-order chi connectivity index (χ1) is 23.1. The van der Waals surface area contributed by atoms with Gasteiger partial charge in [0.2, 0.25) is 18.0 Å². The van der Waals surface area contributed by atoms with Crippen LogP contribution in [-0.4, -0.2) is 72.1 Å². The molecule has 13 heteroatoms. The molecule has 3 heterocycles. The molecule has 48 heavy (non-hydrogen) atoms. The molecule has 0 radical (unpaired) electrons. The summed E-state index contributed by atoms with van der Waals surface area (Å²) in [4.78, 5) is 27.2. The van der Waals surface area contributed by atoms with Crippen LogP contribution in [0.3, 0.4) is 0 Å². The number of anilines is 1. The van der Waals surface area contributed by atoms with Gasteiger partial charge in [-0.25, -0.2) is 4.57 Å².